The Labute approximate surface area is 169 Å². The van der Waals surface area contributed by atoms with Crippen LogP contribution in [0.25, 0.3) is 30.9 Å². The maximum Gasteiger partial charge on any atom is 0.311 e. The third kappa shape index (κ3) is 3.25. The van der Waals surface area contributed by atoms with Gasteiger partial charge >= 0.3 is 7.48 Å². The van der Waals surface area contributed by atoms with Gasteiger partial charge in [0.1, 0.15) is 0 Å². The molecule has 0 aliphatic carbocycles. The zero-order chi connectivity index (χ0) is 19.4. The van der Waals surface area contributed by atoms with Gasteiger partial charge in [0.05, 0.1) is 11.2 Å². The Morgan fingerprint density at radius 1 is 0.963 bits per heavy atom. The summed E-state index contributed by atoms with van der Waals surface area (Å²) in [6.07, 6.45) is 0. The lowest BCUT2D eigenvalue weighted by molar-refractivity contribution is -0.0893. The van der Waals surface area contributed by atoms with Crippen LogP contribution in [-0.4, -0.2) is 23.8 Å². The summed E-state index contributed by atoms with van der Waals surface area (Å²) in [5, 5.41) is 15.9. The quantitative estimate of drug-likeness (QED) is 0.468. The van der Waals surface area contributed by atoms with Crippen LogP contribution in [0.3, 0.4) is 0 Å². The molecule has 0 spiro atoms. The minimum atomic E-state index is -0.958. The Kier molecular flexibility index (Phi) is 4.51. The van der Waals surface area contributed by atoms with E-state index in [9.17, 15) is 5.11 Å². The summed E-state index contributed by atoms with van der Waals surface area (Å²) >= 11 is 8.36. The first kappa shape index (κ1) is 18.8. The van der Waals surface area contributed by atoms with Crippen molar-refractivity contribution in [1.29, 1.82) is 0 Å². The highest BCUT2D eigenvalue weighted by molar-refractivity contribution is 7.26. The van der Waals surface area contributed by atoms with Crippen molar-refractivity contribution in [2.75, 3.05) is 0 Å². The summed E-state index contributed by atoms with van der Waals surface area (Å²) in [5.74, 6) is 0. The number of halogens is 1. The first-order valence-corrected chi connectivity index (χ1v) is 10.3. The number of aliphatic hydroxyl groups is 1. The molecule has 3 aromatic carbocycles. The van der Waals surface area contributed by atoms with E-state index in [4.69, 9.17) is 16.3 Å². The van der Waals surface area contributed by atoms with Gasteiger partial charge in [-0.25, -0.2) is 0 Å². The van der Waals surface area contributed by atoms with Crippen LogP contribution in [0, 0.1) is 0 Å². The van der Waals surface area contributed by atoms with E-state index in [-0.39, 0.29) is 0 Å². The smallest absolute Gasteiger partial charge is 0.311 e. The topological polar surface area (TPSA) is 29.5 Å². The molecule has 138 valence electrons. The minimum absolute atomic E-state index is 0.353. The second kappa shape index (κ2) is 6.49. The third-order valence-corrected chi connectivity index (χ3v) is 7.08. The summed E-state index contributed by atoms with van der Waals surface area (Å²) in [7, 11) is 0.353. The van der Waals surface area contributed by atoms with Gasteiger partial charge in [-0.05, 0) is 73.6 Å². The van der Waals surface area contributed by atoms with Crippen molar-refractivity contribution >= 4 is 66.8 Å². The van der Waals surface area contributed by atoms with Crippen LogP contribution < -0.4 is 5.46 Å². The highest BCUT2D eigenvalue weighted by Crippen LogP contribution is 2.37. The summed E-state index contributed by atoms with van der Waals surface area (Å²) in [5.41, 5.74) is -0.676. The Balaban J connectivity index is 1.89. The predicted molar refractivity (Wildman–Crippen MR) is 120 cm³/mol. The molecule has 1 N–H and O–H groups in total. The first-order valence-electron chi connectivity index (χ1n) is 9.06. The molecule has 0 unspecified atom stereocenters. The number of hydrogen-bond acceptors (Lipinski definition) is 3. The maximum absolute atomic E-state index is 10.4. The zero-order valence-corrected chi connectivity index (χ0v) is 17.5. The van der Waals surface area contributed by atoms with Crippen LogP contribution in [0.2, 0.25) is 5.02 Å². The second-order valence-corrected chi connectivity index (χ2v) is 9.55. The molecule has 0 aliphatic heterocycles. The van der Waals surface area contributed by atoms with Crippen LogP contribution in [0.1, 0.15) is 27.7 Å². The van der Waals surface area contributed by atoms with Crippen molar-refractivity contribution in [2.45, 2.75) is 38.9 Å². The molecule has 0 aliphatic rings. The molecule has 0 saturated heterocycles. The number of rotatable bonds is 4. The number of benzene rings is 3. The molecule has 27 heavy (non-hydrogen) atoms. The van der Waals surface area contributed by atoms with Gasteiger partial charge < -0.3 is 9.76 Å². The van der Waals surface area contributed by atoms with Gasteiger partial charge in [0.15, 0.2) is 0 Å². The van der Waals surface area contributed by atoms with E-state index in [2.05, 4.69) is 42.5 Å². The molecule has 1 aromatic heterocycles. The van der Waals surface area contributed by atoms with Crippen LogP contribution >= 0.6 is 22.9 Å². The number of hydrogen-bond donors (Lipinski definition) is 1. The average Bonchev–Trinajstić information content (AvgIpc) is 2.95. The Bertz CT molecular complexity index is 1160. The zero-order valence-electron chi connectivity index (χ0n) is 16.0. The van der Waals surface area contributed by atoms with Gasteiger partial charge in [-0.2, -0.15) is 0 Å². The highest BCUT2D eigenvalue weighted by Gasteiger charge is 2.36. The molecular formula is C22H22BClO2S. The van der Waals surface area contributed by atoms with Crippen molar-refractivity contribution < 1.29 is 9.76 Å². The molecular weight excluding hydrogens is 375 g/mol. The van der Waals surface area contributed by atoms with E-state index >= 15 is 0 Å². The predicted octanol–water partition coefficient (Wildman–Crippen LogP) is 5.40. The lowest BCUT2D eigenvalue weighted by Crippen LogP contribution is -2.49. The van der Waals surface area contributed by atoms with Crippen molar-refractivity contribution in [1.82, 2.24) is 0 Å². The van der Waals surface area contributed by atoms with Gasteiger partial charge in [-0.1, -0.05) is 35.9 Å². The van der Waals surface area contributed by atoms with Gasteiger partial charge in [-0.15, -0.1) is 11.3 Å². The van der Waals surface area contributed by atoms with Crippen LogP contribution in [0.4, 0.5) is 0 Å². The Hall–Kier alpha value is -1.59. The molecule has 4 rings (SSSR count). The molecule has 4 aromatic rings. The summed E-state index contributed by atoms with van der Waals surface area (Å²) in [6.45, 7) is 7.34. The molecule has 0 atom stereocenters. The molecule has 2 nitrogen and oxygen atoms in total. The van der Waals surface area contributed by atoms with Crippen molar-refractivity contribution in [2.24, 2.45) is 0 Å². The van der Waals surface area contributed by atoms with Gasteiger partial charge in [-0.3, -0.25) is 0 Å². The van der Waals surface area contributed by atoms with E-state index < -0.39 is 11.2 Å². The average molecular weight is 397 g/mol. The Morgan fingerprint density at radius 2 is 1.63 bits per heavy atom. The molecule has 0 fully saturated rings. The Morgan fingerprint density at radius 3 is 2.30 bits per heavy atom. The van der Waals surface area contributed by atoms with Crippen molar-refractivity contribution in [3.8, 4) is 0 Å². The normalized spacial score (nSPS) is 13.0. The molecule has 0 radical (unpaired) electrons. The van der Waals surface area contributed by atoms with Crippen LogP contribution in [-0.2, 0) is 4.65 Å². The molecule has 0 amide bonds. The molecule has 1 heterocycles. The summed E-state index contributed by atoms with van der Waals surface area (Å²) < 4.78 is 8.59. The van der Waals surface area contributed by atoms with Gasteiger partial charge in [0, 0.05) is 19.8 Å². The third-order valence-electron chi connectivity index (χ3n) is 5.61. The monoisotopic (exact) mass is 396 g/mol. The van der Waals surface area contributed by atoms with Crippen LogP contribution in [0.15, 0.2) is 48.5 Å². The van der Waals surface area contributed by atoms with E-state index in [1.54, 1.807) is 25.2 Å². The van der Waals surface area contributed by atoms with E-state index in [1.165, 1.54) is 25.6 Å². The lowest BCUT2D eigenvalue weighted by atomic mass is 9.80. The van der Waals surface area contributed by atoms with E-state index in [0.717, 1.165) is 10.8 Å². The molecule has 5 heteroatoms. The standard InChI is InChI=1S/C22H22BClO2S/c1-21(2,25)22(3,4)26-23-20-16(24)9-10-17-19(20)15-11-13-7-5-6-8-14(13)12-18(15)27-17/h5-12,23,25H,1-4H3. The molecule has 0 saturated carbocycles. The SMILES string of the molecule is CC(C)(O)C(C)(C)OBc1c(Cl)ccc2sc3cc4ccccc4cc3c12. The van der Waals surface area contributed by atoms with Crippen LogP contribution in [0.5, 0.6) is 0 Å². The maximum atomic E-state index is 10.4. The largest absolute Gasteiger partial charge is 0.427 e. The molecule has 0 bridgehead atoms. The summed E-state index contributed by atoms with van der Waals surface area (Å²) in [6, 6.07) is 16.9. The fourth-order valence-corrected chi connectivity index (χ4v) is 4.55. The fraction of sp³-hybridized carbons (Fsp3) is 0.273. The van der Waals surface area contributed by atoms with Gasteiger partial charge in [0.25, 0.3) is 0 Å². The lowest BCUT2D eigenvalue weighted by Gasteiger charge is -2.37. The number of fused-ring (bicyclic) bond motifs is 4. The van der Waals surface area contributed by atoms with Crippen molar-refractivity contribution in [3.05, 3.63) is 53.6 Å². The van der Waals surface area contributed by atoms with E-state index in [1.807, 2.05) is 19.9 Å². The fourth-order valence-electron chi connectivity index (χ4n) is 3.17. The highest BCUT2D eigenvalue weighted by atomic mass is 35.5. The summed E-state index contributed by atoms with van der Waals surface area (Å²) in [4.78, 5) is 0. The second-order valence-electron chi connectivity index (χ2n) is 8.05. The van der Waals surface area contributed by atoms with E-state index in [0.29, 0.717) is 12.5 Å². The van der Waals surface area contributed by atoms with Gasteiger partial charge in [0.2, 0.25) is 0 Å². The first-order chi connectivity index (χ1) is 12.7. The van der Waals surface area contributed by atoms with Crippen molar-refractivity contribution in [3.63, 3.8) is 0 Å². The number of thiophene rings is 1. The minimum Gasteiger partial charge on any atom is -0.427 e.